The molecule has 1 saturated heterocycles. The molecule has 1 N–H and O–H groups in total. The van der Waals surface area contributed by atoms with Crippen LogP contribution in [0.1, 0.15) is 29.6 Å². The predicted molar refractivity (Wildman–Crippen MR) is 91.0 cm³/mol. The minimum atomic E-state index is 0.106. The van der Waals surface area contributed by atoms with Crippen LogP contribution in [0.15, 0.2) is 24.3 Å². The number of piperidine rings is 1. The molecule has 1 aromatic carbocycles. The number of carbonyl (C=O) groups is 1. The SMILES string of the molecule is CNCCC1CCN(C(=O)c2cccc(OCCOC)c2)CC1. The third-order valence-corrected chi connectivity index (χ3v) is 4.34. The van der Waals surface area contributed by atoms with Crippen molar-refractivity contribution in [3.63, 3.8) is 0 Å². The van der Waals surface area contributed by atoms with Crippen LogP contribution in [0.4, 0.5) is 0 Å². The maximum absolute atomic E-state index is 12.6. The Labute approximate surface area is 139 Å². The molecule has 5 nitrogen and oxygen atoms in total. The summed E-state index contributed by atoms with van der Waals surface area (Å²) in [5, 5.41) is 3.20. The topological polar surface area (TPSA) is 50.8 Å². The fourth-order valence-electron chi connectivity index (χ4n) is 2.92. The van der Waals surface area contributed by atoms with Crippen molar-refractivity contribution >= 4 is 5.91 Å². The van der Waals surface area contributed by atoms with Crippen LogP contribution >= 0.6 is 0 Å². The molecule has 1 amide bonds. The molecule has 0 aromatic heterocycles. The molecule has 0 aliphatic carbocycles. The molecule has 0 spiro atoms. The van der Waals surface area contributed by atoms with Gasteiger partial charge in [0.1, 0.15) is 12.4 Å². The van der Waals surface area contributed by atoms with Gasteiger partial charge in [-0.1, -0.05) is 6.07 Å². The average molecular weight is 320 g/mol. The van der Waals surface area contributed by atoms with Gasteiger partial charge in [0.25, 0.3) is 5.91 Å². The second kappa shape index (κ2) is 9.53. The van der Waals surface area contributed by atoms with E-state index in [9.17, 15) is 4.79 Å². The van der Waals surface area contributed by atoms with Crippen molar-refractivity contribution in [3.8, 4) is 5.75 Å². The Kier molecular flexibility index (Phi) is 7.36. The third kappa shape index (κ3) is 5.52. The van der Waals surface area contributed by atoms with Gasteiger partial charge in [-0.05, 0) is 57.0 Å². The van der Waals surface area contributed by atoms with E-state index in [1.807, 2.05) is 36.2 Å². The largest absolute Gasteiger partial charge is 0.491 e. The lowest BCUT2D eigenvalue weighted by molar-refractivity contribution is 0.0686. The molecule has 5 heteroatoms. The van der Waals surface area contributed by atoms with Crippen molar-refractivity contribution in [2.24, 2.45) is 5.92 Å². The number of carbonyl (C=O) groups excluding carboxylic acids is 1. The summed E-state index contributed by atoms with van der Waals surface area (Å²) < 4.78 is 10.6. The second-order valence-electron chi connectivity index (χ2n) is 6.00. The zero-order chi connectivity index (χ0) is 16.5. The normalized spacial score (nSPS) is 15.7. The molecule has 1 fully saturated rings. The molecular formula is C18H28N2O3. The number of rotatable bonds is 8. The lowest BCUT2D eigenvalue weighted by atomic mass is 9.93. The van der Waals surface area contributed by atoms with E-state index in [1.54, 1.807) is 7.11 Å². The summed E-state index contributed by atoms with van der Waals surface area (Å²) in [4.78, 5) is 14.6. The number of hydrogen-bond acceptors (Lipinski definition) is 4. The molecule has 0 saturated carbocycles. The van der Waals surface area contributed by atoms with Crippen LogP contribution in [0.2, 0.25) is 0 Å². The fourth-order valence-corrected chi connectivity index (χ4v) is 2.92. The summed E-state index contributed by atoms with van der Waals surface area (Å²) in [5.41, 5.74) is 0.702. The number of amides is 1. The molecule has 0 unspecified atom stereocenters. The van der Waals surface area contributed by atoms with Gasteiger partial charge in [0.05, 0.1) is 6.61 Å². The Bertz CT molecular complexity index is 485. The molecule has 0 radical (unpaired) electrons. The summed E-state index contributed by atoms with van der Waals surface area (Å²) in [6.07, 6.45) is 3.39. The summed E-state index contributed by atoms with van der Waals surface area (Å²) in [7, 11) is 3.63. The van der Waals surface area contributed by atoms with Crippen LogP contribution in [-0.2, 0) is 4.74 Å². The molecule has 1 heterocycles. The maximum Gasteiger partial charge on any atom is 0.253 e. The molecule has 1 aliphatic heterocycles. The van der Waals surface area contributed by atoms with Gasteiger partial charge in [0, 0.05) is 25.8 Å². The van der Waals surface area contributed by atoms with Crippen LogP contribution in [0.25, 0.3) is 0 Å². The van der Waals surface area contributed by atoms with Gasteiger partial charge in [-0.15, -0.1) is 0 Å². The highest BCUT2D eigenvalue weighted by Crippen LogP contribution is 2.22. The van der Waals surface area contributed by atoms with Gasteiger partial charge < -0.3 is 19.7 Å². The third-order valence-electron chi connectivity index (χ3n) is 4.34. The van der Waals surface area contributed by atoms with Crippen molar-refractivity contribution in [3.05, 3.63) is 29.8 Å². The first-order valence-corrected chi connectivity index (χ1v) is 8.40. The zero-order valence-corrected chi connectivity index (χ0v) is 14.2. The van der Waals surface area contributed by atoms with Gasteiger partial charge in [0.15, 0.2) is 0 Å². The lowest BCUT2D eigenvalue weighted by Gasteiger charge is -2.32. The highest BCUT2D eigenvalue weighted by molar-refractivity contribution is 5.94. The molecule has 1 aromatic rings. The second-order valence-corrected chi connectivity index (χ2v) is 6.00. The number of nitrogens with zero attached hydrogens (tertiary/aromatic N) is 1. The molecule has 23 heavy (non-hydrogen) atoms. The monoisotopic (exact) mass is 320 g/mol. The Balaban J connectivity index is 1.87. The van der Waals surface area contributed by atoms with E-state index < -0.39 is 0 Å². The standard InChI is InChI=1S/C18H28N2O3/c1-19-9-6-15-7-10-20(11-8-15)18(21)16-4-3-5-17(14-16)23-13-12-22-2/h3-5,14-15,19H,6-13H2,1-2H3. The number of ether oxygens (including phenoxy) is 2. The van der Waals surface area contributed by atoms with Crippen molar-refractivity contribution in [1.29, 1.82) is 0 Å². The van der Waals surface area contributed by atoms with Crippen LogP contribution < -0.4 is 10.1 Å². The fraction of sp³-hybridized carbons (Fsp3) is 0.611. The minimum Gasteiger partial charge on any atom is -0.491 e. The van der Waals surface area contributed by atoms with E-state index in [4.69, 9.17) is 9.47 Å². The average Bonchev–Trinajstić information content (AvgIpc) is 2.60. The highest BCUT2D eigenvalue weighted by Gasteiger charge is 2.23. The molecule has 128 valence electrons. The van der Waals surface area contributed by atoms with E-state index in [0.717, 1.165) is 44.1 Å². The molecular weight excluding hydrogens is 292 g/mol. The van der Waals surface area contributed by atoms with Crippen LogP contribution in [0.5, 0.6) is 5.75 Å². The highest BCUT2D eigenvalue weighted by atomic mass is 16.5. The smallest absolute Gasteiger partial charge is 0.253 e. The van der Waals surface area contributed by atoms with Crippen molar-refractivity contribution in [2.75, 3.05) is 47.0 Å². The lowest BCUT2D eigenvalue weighted by Crippen LogP contribution is -2.38. The van der Waals surface area contributed by atoms with Crippen LogP contribution in [0, 0.1) is 5.92 Å². The maximum atomic E-state index is 12.6. The number of hydrogen-bond donors (Lipinski definition) is 1. The Morgan fingerprint density at radius 1 is 1.30 bits per heavy atom. The van der Waals surface area contributed by atoms with Gasteiger partial charge in [-0.25, -0.2) is 0 Å². The van der Waals surface area contributed by atoms with Crippen molar-refractivity contribution in [1.82, 2.24) is 10.2 Å². The number of nitrogens with one attached hydrogen (secondary N) is 1. The minimum absolute atomic E-state index is 0.106. The first kappa shape index (κ1) is 17.8. The van der Waals surface area contributed by atoms with Crippen LogP contribution in [0.3, 0.4) is 0 Å². The Hall–Kier alpha value is -1.59. The summed E-state index contributed by atoms with van der Waals surface area (Å²) >= 11 is 0. The quantitative estimate of drug-likeness (QED) is 0.746. The number of benzene rings is 1. The summed E-state index contributed by atoms with van der Waals surface area (Å²) in [6, 6.07) is 7.43. The van der Waals surface area contributed by atoms with E-state index in [1.165, 1.54) is 6.42 Å². The van der Waals surface area contributed by atoms with E-state index in [0.29, 0.717) is 18.8 Å². The van der Waals surface area contributed by atoms with Crippen LogP contribution in [-0.4, -0.2) is 57.8 Å². The first-order valence-electron chi connectivity index (χ1n) is 8.40. The summed E-state index contributed by atoms with van der Waals surface area (Å²) in [5.74, 6) is 1.56. The van der Waals surface area contributed by atoms with E-state index >= 15 is 0 Å². The molecule has 0 atom stereocenters. The molecule has 0 bridgehead atoms. The van der Waals surface area contributed by atoms with Crippen molar-refractivity contribution < 1.29 is 14.3 Å². The molecule has 2 rings (SSSR count). The van der Waals surface area contributed by atoms with Gasteiger partial charge in [-0.2, -0.15) is 0 Å². The Morgan fingerprint density at radius 3 is 2.78 bits per heavy atom. The summed E-state index contributed by atoms with van der Waals surface area (Å²) in [6.45, 7) is 3.78. The van der Waals surface area contributed by atoms with Gasteiger partial charge in [-0.3, -0.25) is 4.79 Å². The van der Waals surface area contributed by atoms with Gasteiger partial charge in [0.2, 0.25) is 0 Å². The first-order chi connectivity index (χ1) is 11.2. The van der Waals surface area contributed by atoms with Crippen molar-refractivity contribution in [2.45, 2.75) is 19.3 Å². The van der Waals surface area contributed by atoms with E-state index in [2.05, 4.69) is 5.32 Å². The number of likely N-dealkylation sites (tertiary alicyclic amines) is 1. The number of methoxy groups -OCH3 is 1. The molecule has 1 aliphatic rings. The predicted octanol–water partition coefficient (Wildman–Crippen LogP) is 2.17. The van der Waals surface area contributed by atoms with Gasteiger partial charge >= 0.3 is 0 Å². The Morgan fingerprint density at radius 2 is 2.09 bits per heavy atom. The zero-order valence-electron chi connectivity index (χ0n) is 14.2. The van der Waals surface area contributed by atoms with E-state index in [-0.39, 0.29) is 5.91 Å².